The highest BCUT2D eigenvalue weighted by atomic mass is 19.1. The number of pyridine rings is 1. The molecule has 7 heteroatoms. The first kappa shape index (κ1) is 23.2. The molecule has 0 aliphatic carbocycles. The molecule has 0 unspecified atom stereocenters. The van der Waals surface area contributed by atoms with Crippen molar-refractivity contribution in [3.8, 4) is 11.3 Å². The van der Waals surface area contributed by atoms with Crippen molar-refractivity contribution in [2.45, 2.75) is 32.6 Å². The van der Waals surface area contributed by atoms with Crippen molar-refractivity contribution >= 4 is 11.6 Å². The van der Waals surface area contributed by atoms with E-state index < -0.39 is 17.5 Å². The van der Waals surface area contributed by atoms with E-state index in [1.807, 2.05) is 13.0 Å². The Balaban J connectivity index is 1.91. The third kappa shape index (κ3) is 5.22. The Morgan fingerprint density at radius 2 is 1.78 bits per heavy atom. The van der Waals surface area contributed by atoms with Gasteiger partial charge in [0.1, 0.15) is 11.6 Å². The van der Waals surface area contributed by atoms with E-state index >= 15 is 0 Å². The summed E-state index contributed by atoms with van der Waals surface area (Å²) in [6.45, 7) is 7.40. The molecule has 1 aliphatic rings. The van der Waals surface area contributed by atoms with Crippen molar-refractivity contribution in [3.05, 3.63) is 83.9 Å². The van der Waals surface area contributed by atoms with Crippen LogP contribution in [-0.2, 0) is 0 Å². The first-order chi connectivity index (χ1) is 15.5. The predicted molar refractivity (Wildman–Crippen MR) is 124 cm³/mol. The summed E-state index contributed by atoms with van der Waals surface area (Å²) in [5.74, 6) is -2.08. The summed E-state index contributed by atoms with van der Waals surface area (Å²) in [4.78, 5) is 19.5. The molecule has 1 saturated heterocycles. The minimum atomic E-state index is -0.764. The largest absolute Gasteiger partial charge is 0.397 e. The second-order valence-corrected chi connectivity index (χ2v) is 7.58. The van der Waals surface area contributed by atoms with Gasteiger partial charge in [-0.15, -0.1) is 0 Å². The molecule has 1 fully saturated rings. The molecule has 0 saturated carbocycles. The highest BCUT2D eigenvalue weighted by molar-refractivity contribution is 5.99. The molecule has 0 spiro atoms. The van der Waals surface area contributed by atoms with Gasteiger partial charge in [-0.1, -0.05) is 37.6 Å². The summed E-state index contributed by atoms with van der Waals surface area (Å²) in [6, 6.07) is 6.37. The summed E-state index contributed by atoms with van der Waals surface area (Å²) in [5, 5.41) is 2.87. The van der Waals surface area contributed by atoms with Gasteiger partial charge in [0.15, 0.2) is 5.69 Å². The molecule has 0 bridgehead atoms. The smallest absolute Gasteiger partial charge is 0.276 e. The molecule has 3 N–H and O–H groups in total. The van der Waals surface area contributed by atoms with Crippen molar-refractivity contribution in [2.24, 2.45) is 0 Å². The standard InChI is InChI=1S/C25H28F2N4O/c1-3-10-22(31-15-7-5-6-8-16-31)20(4-2)30-25(32)24-19(28)13-14-21(29-24)23-17(26)11-9-12-18(23)27/h3-4,9-14H,1,5-8,15-16,28H2,2H3,(H,30,32)/b20-4+,22-10+. The van der Waals surface area contributed by atoms with E-state index in [1.54, 1.807) is 12.2 Å². The van der Waals surface area contributed by atoms with Crippen molar-refractivity contribution in [1.29, 1.82) is 0 Å². The van der Waals surface area contributed by atoms with Crippen LogP contribution in [0, 0.1) is 11.6 Å². The number of carbonyl (C=O) groups excluding carboxylic acids is 1. The number of carbonyl (C=O) groups is 1. The molecule has 0 atom stereocenters. The number of anilines is 1. The lowest BCUT2D eigenvalue weighted by molar-refractivity contribution is 0.0961. The van der Waals surface area contributed by atoms with E-state index in [0.717, 1.165) is 43.8 Å². The highest BCUT2D eigenvalue weighted by Gasteiger charge is 2.21. The molecule has 168 valence electrons. The van der Waals surface area contributed by atoms with Crippen molar-refractivity contribution in [2.75, 3.05) is 18.8 Å². The molecule has 2 aromatic rings. The minimum absolute atomic E-state index is 0.00338. The zero-order valence-electron chi connectivity index (χ0n) is 18.2. The molecule has 0 radical (unpaired) electrons. The van der Waals surface area contributed by atoms with E-state index in [0.29, 0.717) is 5.70 Å². The summed E-state index contributed by atoms with van der Waals surface area (Å²) in [6.07, 6.45) is 9.85. The molecule has 1 aliphatic heterocycles. The van der Waals surface area contributed by atoms with Crippen LogP contribution in [0.25, 0.3) is 11.3 Å². The van der Waals surface area contributed by atoms with Gasteiger partial charge in [-0.25, -0.2) is 13.8 Å². The molecule has 2 heterocycles. The average molecular weight is 439 g/mol. The Morgan fingerprint density at radius 1 is 1.12 bits per heavy atom. The number of hydrogen-bond acceptors (Lipinski definition) is 4. The summed E-state index contributed by atoms with van der Waals surface area (Å²) < 4.78 is 28.4. The minimum Gasteiger partial charge on any atom is -0.397 e. The molecule has 32 heavy (non-hydrogen) atoms. The highest BCUT2D eigenvalue weighted by Crippen LogP contribution is 2.26. The normalized spacial score (nSPS) is 15.3. The summed E-state index contributed by atoms with van der Waals surface area (Å²) >= 11 is 0. The Hall–Kier alpha value is -3.48. The third-order valence-electron chi connectivity index (χ3n) is 5.40. The van der Waals surface area contributed by atoms with E-state index in [-0.39, 0.29) is 22.6 Å². The van der Waals surface area contributed by atoms with E-state index in [2.05, 4.69) is 21.8 Å². The number of rotatable bonds is 6. The Morgan fingerprint density at radius 3 is 2.38 bits per heavy atom. The number of aromatic nitrogens is 1. The lowest BCUT2D eigenvalue weighted by Gasteiger charge is -2.27. The fraction of sp³-hybridized carbons (Fsp3) is 0.280. The number of allylic oxidation sites excluding steroid dienone is 3. The summed E-state index contributed by atoms with van der Waals surface area (Å²) in [5.41, 5.74) is 7.15. The molecule has 3 rings (SSSR count). The molecule has 1 aromatic carbocycles. The van der Waals surface area contributed by atoms with Crippen LogP contribution in [0.1, 0.15) is 43.1 Å². The van der Waals surface area contributed by atoms with Gasteiger partial charge in [0.2, 0.25) is 0 Å². The van der Waals surface area contributed by atoms with Gasteiger partial charge in [0.25, 0.3) is 5.91 Å². The lowest BCUT2D eigenvalue weighted by atomic mass is 10.1. The number of hydrogen-bond donors (Lipinski definition) is 2. The zero-order chi connectivity index (χ0) is 23.1. The van der Waals surface area contributed by atoms with Crippen LogP contribution in [0.5, 0.6) is 0 Å². The van der Waals surface area contributed by atoms with Gasteiger partial charge in [0, 0.05) is 13.1 Å². The van der Waals surface area contributed by atoms with Crippen LogP contribution in [0.2, 0.25) is 0 Å². The fourth-order valence-corrected chi connectivity index (χ4v) is 3.79. The van der Waals surface area contributed by atoms with Crippen LogP contribution in [0.3, 0.4) is 0 Å². The quantitative estimate of drug-likeness (QED) is 0.609. The molecule has 1 aromatic heterocycles. The fourth-order valence-electron chi connectivity index (χ4n) is 3.79. The van der Waals surface area contributed by atoms with Crippen LogP contribution in [0.15, 0.2) is 66.5 Å². The number of likely N-dealkylation sites (tertiary alicyclic amines) is 1. The maximum Gasteiger partial charge on any atom is 0.276 e. The number of halogens is 2. The molecule has 1 amide bonds. The lowest BCUT2D eigenvalue weighted by Crippen LogP contribution is -2.33. The van der Waals surface area contributed by atoms with Gasteiger partial charge in [0.05, 0.1) is 28.3 Å². The first-order valence-corrected chi connectivity index (χ1v) is 10.7. The van der Waals surface area contributed by atoms with Crippen LogP contribution >= 0.6 is 0 Å². The maximum absolute atomic E-state index is 14.2. The van der Waals surface area contributed by atoms with Gasteiger partial charge in [-0.2, -0.15) is 0 Å². The second-order valence-electron chi connectivity index (χ2n) is 7.58. The molecular weight excluding hydrogens is 410 g/mol. The monoisotopic (exact) mass is 438 g/mol. The number of nitrogens with two attached hydrogens (primary N) is 1. The zero-order valence-corrected chi connectivity index (χ0v) is 18.2. The van der Waals surface area contributed by atoms with Crippen LogP contribution in [-0.4, -0.2) is 28.9 Å². The Bertz CT molecular complexity index is 1030. The number of amides is 1. The summed E-state index contributed by atoms with van der Waals surface area (Å²) in [7, 11) is 0. The number of nitrogens with one attached hydrogen (secondary N) is 1. The van der Waals surface area contributed by atoms with Gasteiger partial charge in [-0.05, 0) is 50.1 Å². The Labute approximate surface area is 187 Å². The van der Waals surface area contributed by atoms with Gasteiger partial charge < -0.3 is 16.0 Å². The van der Waals surface area contributed by atoms with Gasteiger partial charge in [-0.3, -0.25) is 4.79 Å². The van der Waals surface area contributed by atoms with Crippen LogP contribution < -0.4 is 11.1 Å². The maximum atomic E-state index is 14.2. The number of nitrogens with zero attached hydrogens (tertiary/aromatic N) is 2. The van der Waals surface area contributed by atoms with Crippen LogP contribution in [0.4, 0.5) is 14.5 Å². The van der Waals surface area contributed by atoms with E-state index in [1.165, 1.54) is 31.0 Å². The van der Waals surface area contributed by atoms with Crippen molar-refractivity contribution in [3.63, 3.8) is 0 Å². The number of benzene rings is 1. The first-order valence-electron chi connectivity index (χ1n) is 10.7. The average Bonchev–Trinajstić information content (AvgIpc) is 3.06. The predicted octanol–water partition coefficient (Wildman–Crippen LogP) is 5.19. The molecule has 5 nitrogen and oxygen atoms in total. The molecular formula is C25H28F2N4O. The van der Waals surface area contributed by atoms with Crippen molar-refractivity contribution < 1.29 is 13.6 Å². The van der Waals surface area contributed by atoms with Crippen molar-refractivity contribution in [1.82, 2.24) is 15.2 Å². The SMILES string of the molecule is C=C/C=C(\C(=C/C)NC(=O)c1nc(-c2c(F)cccc2F)ccc1N)N1CCCCCC1. The van der Waals surface area contributed by atoms with Gasteiger partial charge >= 0.3 is 0 Å². The second kappa shape index (κ2) is 10.7. The Kier molecular flexibility index (Phi) is 7.76. The number of nitrogen functional groups attached to an aromatic ring is 1. The van der Waals surface area contributed by atoms with E-state index in [9.17, 15) is 13.6 Å². The topological polar surface area (TPSA) is 71.2 Å². The third-order valence-corrected chi connectivity index (χ3v) is 5.40. The van der Waals surface area contributed by atoms with E-state index in [4.69, 9.17) is 5.73 Å².